The third kappa shape index (κ3) is 6.44. The van der Waals surface area contributed by atoms with E-state index < -0.39 is 80.2 Å². The molecule has 0 N–H and O–H groups in total. The van der Waals surface area contributed by atoms with Crippen LogP contribution in [0, 0.1) is 0 Å². The maximum atomic E-state index is 13.7. The van der Waals surface area contributed by atoms with E-state index in [1.54, 1.807) is 0 Å². The Morgan fingerprint density at radius 3 is 2.00 bits per heavy atom. The van der Waals surface area contributed by atoms with E-state index in [-0.39, 0.29) is 23.5 Å². The van der Waals surface area contributed by atoms with Crippen molar-refractivity contribution >= 4 is 49.5 Å². The van der Waals surface area contributed by atoms with E-state index in [1.165, 1.54) is 6.92 Å². The molecule has 0 bridgehead atoms. The van der Waals surface area contributed by atoms with Gasteiger partial charge in [-0.2, -0.15) is 39.5 Å². The van der Waals surface area contributed by atoms with Crippen LogP contribution in [0.4, 0.5) is 51.1 Å². The normalized spacial score (nSPS) is 13.4. The highest BCUT2D eigenvalue weighted by Crippen LogP contribution is 2.46. The van der Waals surface area contributed by atoms with Crippen molar-refractivity contribution in [3.05, 3.63) is 48.3 Å². The lowest BCUT2D eigenvalue weighted by Crippen LogP contribution is -2.44. The Labute approximate surface area is 224 Å². The first-order valence-electron chi connectivity index (χ1n) is 10.1. The lowest BCUT2D eigenvalue weighted by Gasteiger charge is -2.33. The molecule has 1 aromatic carbocycles. The van der Waals surface area contributed by atoms with E-state index in [4.69, 9.17) is 4.74 Å². The highest BCUT2D eigenvalue weighted by atomic mass is 79.9. The summed E-state index contributed by atoms with van der Waals surface area (Å²) in [5.74, 6) is -2.59. The molecule has 0 radical (unpaired) electrons. The van der Waals surface area contributed by atoms with E-state index in [2.05, 4.69) is 41.6 Å². The molecule has 0 saturated carbocycles. The van der Waals surface area contributed by atoms with Gasteiger partial charge in [-0.1, -0.05) is 6.92 Å². The van der Waals surface area contributed by atoms with Crippen LogP contribution >= 0.6 is 31.9 Å². The number of halogens is 11. The summed E-state index contributed by atoms with van der Waals surface area (Å²) in [7, 11) is 1.57. The number of nitrogens with zero attached hydrogens (tertiary/aromatic N) is 3. The minimum atomic E-state index is -5.40. The summed E-state index contributed by atoms with van der Waals surface area (Å²) in [5, 5.41) is 0. The molecular weight excluding hydrogens is 677 g/mol. The Balaban J connectivity index is 3.22. The molecule has 1 aromatic heterocycles. The molecule has 1 unspecified atom stereocenters. The van der Waals surface area contributed by atoms with Crippen molar-refractivity contribution in [2.45, 2.75) is 44.6 Å². The van der Waals surface area contributed by atoms with Gasteiger partial charge in [-0.05, 0) is 50.4 Å². The maximum absolute atomic E-state index is 13.7. The Bertz CT molecular complexity index is 1260. The first-order valence-corrected chi connectivity index (χ1v) is 11.6. The van der Waals surface area contributed by atoms with Crippen LogP contribution < -0.4 is 10.5 Å². The number of aromatic nitrogens is 2. The fraction of sp³-hybridized carbons (Fsp3) is 0.450. The largest absolute Gasteiger partial charge is 0.466 e. The van der Waals surface area contributed by atoms with Gasteiger partial charge in [-0.3, -0.25) is 14.3 Å². The van der Waals surface area contributed by atoms with Crippen LogP contribution in [-0.4, -0.2) is 36.0 Å². The van der Waals surface area contributed by atoms with Crippen molar-refractivity contribution in [2.24, 2.45) is 0 Å². The number of carbonyl (C=O) groups is 1. The zero-order chi connectivity index (χ0) is 29.4. The van der Waals surface area contributed by atoms with Crippen molar-refractivity contribution in [1.82, 2.24) is 9.55 Å². The van der Waals surface area contributed by atoms with Gasteiger partial charge >= 0.3 is 24.5 Å². The quantitative estimate of drug-likeness (QED) is 0.187. The monoisotopic (exact) mass is 691 g/mol. The lowest BCUT2D eigenvalue weighted by molar-refractivity contribution is -0.151. The Morgan fingerprint density at radius 2 is 1.58 bits per heavy atom. The molecule has 2 aromatic rings. The highest BCUT2D eigenvalue weighted by Gasteiger charge is 2.44. The molecule has 7 nitrogen and oxygen atoms in total. The number of hydrogen-bond donors (Lipinski definition) is 0. The average Bonchev–Trinajstić information content (AvgIpc) is 2.78. The van der Waals surface area contributed by atoms with E-state index in [1.807, 2.05) is 0 Å². The molecule has 1 heterocycles. The summed E-state index contributed by atoms with van der Waals surface area (Å²) in [6.45, 7) is 1.07. The highest BCUT2D eigenvalue weighted by molar-refractivity contribution is 9.11. The molecule has 0 amide bonds. The molecule has 0 aliphatic carbocycles. The summed E-state index contributed by atoms with van der Waals surface area (Å²) in [6, 6.07) is -0.104. The summed E-state index contributed by atoms with van der Waals surface area (Å²) in [5.41, 5.74) is -8.13. The maximum Gasteiger partial charge on any atom is 0.434 e. The minimum Gasteiger partial charge on any atom is -0.466 e. The molecule has 0 spiro atoms. The predicted molar refractivity (Wildman–Crippen MR) is 121 cm³/mol. The molecule has 2 rings (SSSR count). The fourth-order valence-electron chi connectivity index (χ4n) is 3.22. The van der Waals surface area contributed by atoms with Crippen LogP contribution in [0.3, 0.4) is 0 Å². The van der Waals surface area contributed by atoms with Gasteiger partial charge in [-0.15, -0.1) is 0 Å². The second kappa shape index (κ2) is 11.4. The molecule has 18 heteroatoms. The third-order valence-corrected chi connectivity index (χ3v) is 6.38. The third-order valence-electron chi connectivity index (χ3n) is 4.83. The second-order valence-electron chi connectivity index (χ2n) is 7.36. The van der Waals surface area contributed by atoms with Crippen molar-refractivity contribution in [2.75, 3.05) is 19.1 Å². The first kappa shape index (κ1) is 31.9. The number of anilines is 2. The Morgan fingerprint density at radius 1 is 1.00 bits per heavy atom. The van der Waals surface area contributed by atoms with Crippen LogP contribution in [0.15, 0.2) is 25.9 Å². The summed E-state index contributed by atoms with van der Waals surface area (Å²) < 4.78 is 131. The number of esters is 1. The van der Waals surface area contributed by atoms with E-state index in [0.29, 0.717) is 4.57 Å². The number of alkyl halides is 9. The summed E-state index contributed by atoms with van der Waals surface area (Å²) in [4.78, 5) is 29.0. The Kier molecular flexibility index (Phi) is 9.57. The van der Waals surface area contributed by atoms with Crippen LogP contribution in [-0.2, 0) is 39.3 Å². The van der Waals surface area contributed by atoms with Crippen molar-refractivity contribution in [3.8, 4) is 0 Å². The van der Waals surface area contributed by atoms with Crippen LogP contribution in [0.5, 0.6) is 0 Å². The van der Waals surface area contributed by atoms with E-state index >= 15 is 0 Å². The smallest absolute Gasteiger partial charge is 0.434 e. The van der Waals surface area contributed by atoms with Gasteiger partial charge in [0.15, 0.2) is 5.69 Å². The molecule has 0 aliphatic rings. The van der Waals surface area contributed by atoms with Crippen molar-refractivity contribution in [3.63, 3.8) is 0 Å². The van der Waals surface area contributed by atoms with Crippen LogP contribution in [0.1, 0.15) is 30.2 Å². The van der Waals surface area contributed by atoms with Gasteiger partial charge < -0.3 is 9.47 Å². The van der Waals surface area contributed by atoms with Gasteiger partial charge in [0, 0.05) is 13.7 Å². The molecule has 1 atom stereocenters. The number of hydrogen-bond acceptors (Lipinski definition) is 6. The number of methoxy groups -OCH3 is 2. The average molecular weight is 693 g/mol. The zero-order valence-corrected chi connectivity index (χ0v) is 22.5. The predicted octanol–water partition coefficient (Wildman–Crippen LogP) is 6.52. The van der Waals surface area contributed by atoms with Gasteiger partial charge in [-0.25, -0.2) is 9.78 Å². The number of benzene rings is 1. The lowest BCUT2D eigenvalue weighted by atomic mass is 10.1. The summed E-state index contributed by atoms with van der Waals surface area (Å²) >= 11 is 5.05. The standard InChI is InChI=1S/C20H16Br2F9N3O4/c1-4-5-33-14(35)12(22)13(20(29,30)31)32-17(33)34(15(37-2)16(36)38-3)10-7-8(18(23,24)25)6-9(11(10)21)19(26,27)28/h6-7,15H,4-5H2,1-3H3. The van der Waals surface area contributed by atoms with Gasteiger partial charge in [0.05, 0.1) is 28.4 Å². The zero-order valence-electron chi connectivity index (χ0n) is 19.3. The topological polar surface area (TPSA) is 73.7 Å². The summed E-state index contributed by atoms with van der Waals surface area (Å²) in [6.07, 6.45) is -18.3. The molecule has 0 saturated heterocycles. The second-order valence-corrected chi connectivity index (χ2v) is 8.95. The minimum absolute atomic E-state index is 0.0493. The van der Waals surface area contributed by atoms with Gasteiger partial charge in [0.1, 0.15) is 4.47 Å². The fourth-order valence-corrected chi connectivity index (χ4v) is 4.39. The number of ether oxygens (including phenoxy) is 2. The molecular formula is C20H16Br2F9N3O4. The van der Waals surface area contributed by atoms with Gasteiger partial charge in [0.2, 0.25) is 12.2 Å². The van der Waals surface area contributed by atoms with Crippen molar-refractivity contribution < 1.29 is 53.8 Å². The molecule has 38 heavy (non-hydrogen) atoms. The molecule has 0 aliphatic heterocycles. The number of carbonyl (C=O) groups excluding carboxylic acids is 1. The van der Waals surface area contributed by atoms with Crippen LogP contribution in [0.25, 0.3) is 0 Å². The molecule has 212 valence electrons. The first-order chi connectivity index (χ1) is 17.3. The SMILES string of the molecule is CCCn1c(N(c2cc(C(F)(F)F)cc(C(F)(F)F)c2Br)C(OC)C(=O)OC)nc(C(F)(F)F)c(Br)c1=O. The van der Waals surface area contributed by atoms with Gasteiger partial charge in [0.25, 0.3) is 5.56 Å². The van der Waals surface area contributed by atoms with Crippen molar-refractivity contribution in [1.29, 1.82) is 0 Å². The number of rotatable bonds is 7. The molecule has 0 fully saturated rings. The van der Waals surface area contributed by atoms with Crippen LogP contribution in [0.2, 0.25) is 0 Å². The van der Waals surface area contributed by atoms with E-state index in [0.717, 1.165) is 14.2 Å². The van der Waals surface area contributed by atoms with E-state index in [9.17, 15) is 49.1 Å². The Hall–Kier alpha value is -2.34.